The molecule has 142 valence electrons. The van der Waals surface area contributed by atoms with Crippen LogP contribution >= 0.6 is 0 Å². The van der Waals surface area contributed by atoms with Crippen molar-refractivity contribution in [2.24, 2.45) is 0 Å². The van der Waals surface area contributed by atoms with Crippen LogP contribution in [0.4, 0.5) is 0 Å². The zero-order valence-corrected chi connectivity index (χ0v) is 15.2. The molecule has 0 aromatic heterocycles. The Hall–Kier alpha value is -1.99. The molecule has 0 radical (unpaired) electrons. The summed E-state index contributed by atoms with van der Waals surface area (Å²) in [5, 5.41) is 2.89. The van der Waals surface area contributed by atoms with E-state index in [1.165, 1.54) is 0 Å². The van der Waals surface area contributed by atoms with E-state index in [9.17, 15) is 4.79 Å². The van der Waals surface area contributed by atoms with Gasteiger partial charge in [-0.2, -0.15) is 0 Å². The van der Waals surface area contributed by atoms with Crippen LogP contribution in [0.2, 0.25) is 0 Å². The third-order valence-electron chi connectivity index (χ3n) is 5.42. The fourth-order valence-corrected chi connectivity index (χ4v) is 3.97. The Morgan fingerprint density at radius 2 is 1.88 bits per heavy atom. The monoisotopic (exact) mass is 362 g/mol. The lowest BCUT2D eigenvalue weighted by atomic mass is 9.87. The molecule has 3 aliphatic rings. The predicted octanol–water partition coefficient (Wildman–Crippen LogP) is 1.34. The number of piperidine rings is 1. The van der Waals surface area contributed by atoms with Gasteiger partial charge in [0, 0.05) is 37.8 Å². The van der Waals surface area contributed by atoms with E-state index in [0.29, 0.717) is 32.8 Å². The highest BCUT2D eigenvalue weighted by Gasteiger charge is 2.39. The van der Waals surface area contributed by atoms with Crippen molar-refractivity contribution in [3.63, 3.8) is 0 Å². The van der Waals surface area contributed by atoms with E-state index in [4.69, 9.17) is 18.9 Å². The fraction of sp³-hybridized carbons (Fsp3) is 0.632. The molecule has 3 aliphatic heterocycles. The van der Waals surface area contributed by atoms with Gasteiger partial charge >= 0.3 is 0 Å². The lowest BCUT2D eigenvalue weighted by molar-refractivity contribution is -0.128. The number of carbonyl (C=O) groups is 1. The molecule has 2 fully saturated rings. The molecule has 2 saturated heterocycles. The molecule has 1 aromatic rings. The number of hydrogen-bond acceptors (Lipinski definition) is 6. The molecule has 3 heterocycles. The summed E-state index contributed by atoms with van der Waals surface area (Å²) >= 11 is 0. The van der Waals surface area contributed by atoms with Crippen LogP contribution in [0.25, 0.3) is 0 Å². The van der Waals surface area contributed by atoms with Crippen molar-refractivity contribution in [3.05, 3.63) is 17.7 Å². The molecule has 4 rings (SSSR count). The van der Waals surface area contributed by atoms with Crippen LogP contribution in [-0.4, -0.2) is 63.0 Å². The number of carbonyl (C=O) groups excluding carboxylic acids is 1. The van der Waals surface area contributed by atoms with Gasteiger partial charge < -0.3 is 24.3 Å². The van der Waals surface area contributed by atoms with E-state index in [1.807, 2.05) is 12.1 Å². The second kappa shape index (κ2) is 7.32. The summed E-state index contributed by atoms with van der Waals surface area (Å²) in [5.41, 5.74) is 0.792. The van der Waals surface area contributed by atoms with E-state index in [0.717, 1.165) is 55.3 Å². The van der Waals surface area contributed by atoms with Crippen LogP contribution in [0.1, 0.15) is 24.8 Å². The topological polar surface area (TPSA) is 69.3 Å². The van der Waals surface area contributed by atoms with Crippen molar-refractivity contribution >= 4 is 5.91 Å². The van der Waals surface area contributed by atoms with Crippen molar-refractivity contribution in [3.8, 4) is 17.2 Å². The summed E-state index contributed by atoms with van der Waals surface area (Å²) in [6.45, 7) is 4.92. The number of rotatable bonds is 3. The van der Waals surface area contributed by atoms with Crippen molar-refractivity contribution in [1.29, 1.82) is 0 Å². The number of hydrogen-bond donors (Lipinski definition) is 1. The minimum Gasteiger partial charge on any atom is -0.496 e. The van der Waals surface area contributed by atoms with Gasteiger partial charge in [-0.25, -0.2) is 0 Å². The molecule has 1 N–H and O–H groups in total. The van der Waals surface area contributed by atoms with Crippen molar-refractivity contribution < 1.29 is 23.7 Å². The van der Waals surface area contributed by atoms with Gasteiger partial charge in [0.1, 0.15) is 19.0 Å². The Morgan fingerprint density at radius 3 is 2.62 bits per heavy atom. The molecule has 1 amide bonds. The number of likely N-dealkylation sites (tertiary alicyclic amines) is 1. The maximum absolute atomic E-state index is 11.9. The zero-order chi connectivity index (χ0) is 18.0. The van der Waals surface area contributed by atoms with E-state index in [-0.39, 0.29) is 11.5 Å². The summed E-state index contributed by atoms with van der Waals surface area (Å²) in [4.78, 5) is 14.3. The first kappa shape index (κ1) is 17.4. The van der Waals surface area contributed by atoms with Gasteiger partial charge in [0.15, 0.2) is 11.5 Å². The SMILES string of the molecule is COc1cc2c(cc1CN1CCC3(CC1)CC(=O)NCCO3)OCCO2. The van der Waals surface area contributed by atoms with Crippen LogP contribution in [0.3, 0.4) is 0 Å². The van der Waals surface area contributed by atoms with E-state index < -0.39 is 0 Å². The number of nitrogens with one attached hydrogen (secondary N) is 1. The smallest absolute Gasteiger partial charge is 0.222 e. The first-order valence-corrected chi connectivity index (χ1v) is 9.27. The van der Waals surface area contributed by atoms with E-state index in [1.54, 1.807) is 7.11 Å². The molecule has 7 heteroatoms. The number of fused-ring (bicyclic) bond motifs is 1. The summed E-state index contributed by atoms with van der Waals surface area (Å²) in [6.07, 6.45) is 2.20. The highest BCUT2D eigenvalue weighted by Crippen LogP contribution is 2.38. The number of benzene rings is 1. The average Bonchev–Trinajstić information content (AvgIpc) is 2.84. The van der Waals surface area contributed by atoms with Crippen molar-refractivity contribution in [2.75, 3.05) is 46.6 Å². The fourth-order valence-electron chi connectivity index (χ4n) is 3.97. The Morgan fingerprint density at radius 1 is 1.15 bits per heavy atom. The normalized spacial score (nSPS) is 22.6. The van der Waals surface area contributed by atoms with Gasteiger partial charge in [-0.05, 0) is 18.9 Å². The number of methoxy groups -OCH3 is 1. The van der Waals surface area contributed by atoms with Crippen molar-refractivity contribution in [1.82, 2.24) is 10.2 Å². The average molecular weight is 362 g/mol. The Bertz CT molecular complexity index is 670. The largest absolute Gasteiger partial charge is 0.496 e. The van der Waals surface area contributed by atoms with Gasteiger partial charge in [-0.1, -0.05) is 0 Å². The molecule has 1 aromatic carbocycles. The zero-order valence-electron chi connectivity index (χ0n) is 15.2. The molecule has 0 aliphatic carbocycles. The predicted molar refractivity (Wildman–Crippen MR) is 94.8 cm³/mol. The molecular formula is C19H26N2O5. The minimum absolute atomic E-state index is 0.101. The Balaban J connectivity index is 1.43. The van der Waals surface area contributed by atoms with Gasteiger partial charge in [-0.3, -0.25) is 9.69 Å². The standard InChI is InChI=1S/C19H26N2O5/c1-23-15-11-17-16(24-8-9-25-17)10-14(15)13-21-5-2-19(3-6-21)12-18(22)20-4-7-26-19/h10-11H,2-9,12-13H2,1H3,(H,20,22). The summed E-state index contributed by atoms with van der Waals surface area (Å²) in [6, 6.07) is 3.93. The second-order valence-corrected chi connectivity index (χ2v) is 7.14. The number of amides is 1. The molecule has 0 atom stereocenters. The number of nitrogens with zero attached hydrogens (tertiary/aromatic N) is 1. The lowest BCUT2D eigenvalue weighted by Gasteiger charge is -2.40. The van der Waals surface area contributed by atoms with Crippen LogP contribution in [-0.2, 0) is 16.1 Å². The van der Waals surface area contributed by atoms with Crippen LogP contribution in [0.5, 0.6) is 17.2 Å². The maximum Gasteiger partial charge on any atom is 0.222 e. The highest BCUT2D eigenvalue weighted by molar-refractivity contribution is 5.77. The quantitative estimate of drug-likeness (QED) is 0.875. The molecule has 0 unspecified atom stereocenters. The molecule has 7 nitrogen and oxygen atoms in total. The van der Waals surface area contributed by atoms with Crippen LogP contribution in [0.15, 0.2) is 12.1 Å². The lowest BCUT2D eigenvalue weighted by Crippen LogP contribution is -2.46. The van der Waals surface area contributed by atoms with Gasteiger partial charge in [-0.15, -0.1) is 0 Å². The first-order chi connectivity index (χ1) is 12.7. The molecule has 0 bridgehead atoms. The molecule has 1 spiro atoms. The molecule has 26 heavy (non-hydrogen) atoms. The summed E-state index contributed by atoms with van der Waals surface area (Å²) in [5.74, 6) is 2.45. The van der Waals surface area contributed by atoms with Crippen LogP contribution in [0, 0.1) is 0 Å². The number of ether oxygens (including phenoxy) is 4. The van der Waals surface area contributed by atoms with E-state index in [2.05, 4.69) is 10.2 Å². The first-order valence-electron chi connectivity index (χ1n) is 9.27. The molecular weight excluding hydrogens is 336 g/mol. The van der Waals surface area contributed by atoms with Gasteiger partial charge in [0.25, 0.3) is 0 Å². The van der Waals surface area contributed by atoms with Gasteiger partial charge in [0.2, 0.25) is 5.91 Å². The third-order valence-corrected chi connectivity index (χ3v) is 5.42. The second-order valence-electron chi connectivity index (χ2n) is 7.14. The third kappa shape index (κ3) is 3.59. The Kier molecular flexibility index (Phi) is 4.91. The summed E-state index contributed by atoms with van der Waals surface area (Å²) in [7, 11) is 1.68. The Labute approximate surface area is 153 Å². The summed E-state index contributed by atoms with van der Waals surface area (Å²) < 4.78 is 22.9. The van der Waals surface area contributed by atoms with Gasteiger partial charge in [0.05, 0.1) is 25.7 Å². The maximum atomic E-state index is 11.9. The van der Waals surface area contributed by atoms with E-state index >= 15 is 0 Å². The van der Waals surface area contributed by atoms with Crippen LogP contribution < -0.4 is 19.5 Å². The molecule has 0 saturated carbocycles. The highest BCUT2D eigenvalue weighted by atomic mass is 16.6. The minimum atomic E-state index is -0.298. The van der Waals surface area contributed by atoms with Crippen molar-refractivity contribution in [2.45, 2.75) is 31.4 Å².